The Balaban J connectivity index is 0. The molecule has 17 nitrogen and oxygen atoms in total. The molecule has 0 aliphatic rings. The molecule has 0 bridgehead atoms. The zero-order valence-electron chi connectivity index (χ0n) is 27.1. The summed E-state index contributed by atoms with van der Waals surface area (Å²) in [5.41, 5.74) is 8.13. The molecular formula is C29H59N3O14S. The summed E-state index contributed by atoms with van der Waals surface area (Å²) in [5, 5.41) is 4.29. The predicted octanol–water partition coefficient (Wildman–Crippen LogP) is 1.69. The number of ether oxygens (including phenoxy) is 12. The third-order valence-electron chi connectivity index (χ3n) is 5.26. The molecule has 0 aromatic rings. The van der Waals surface area contributed by atoms with E-state index in [1.54, 1.807) is 0 Å². The molecule has 0 saturated carbocycles. The van der Waals surface area contributed by atoms with Crippen LogP contribution >= 0.6 is 0 Å². The second-order valence-electron chi connectivity index (χ2n) is 8.84. The molecule has 0 fully saturated rings. The van der Waals surface area contributed by atoms with Gasteiger partial charge in [0.1, 0.15) is 0 Å². The number of azide groups is 1. The highest BCUT2D eigenvalue weighted by Crippen LogP contribution is 1.91. The number of rotatable bonds is 40. The third-order valence-corrected chi connectivity index (χ3v) is 6.50. The van der Waals surface area contributed by atoms with Crippen molar-refractivity contribution in [2.75, 3.05) is 171 Å². The summed E-state index contributed by atoms with van der Waals surface area (Å²) < 4.78 is 87.0. The quantitative estimate of drug-likeness (QED) is 0.0387. The van der Waals surface area contributed by atoms with Crippen LogP contribution in [0, 0.1) is 0 Å². The number of sulfone groups is 1. The number of hydrogen-bond acceptors (Lipinski definition) is 15. The van der Waals surface area contributed by atoms with Gasteiger partial charge in [0, 0.05) is 16.9 Å². The zero-order valence-corrected chi connectivity index (χ0v) is 28.0. The average Bonchev–Trinajstić information content (AvgIpc) is 3.05. The van der Waals surface area contributed by atoms with Crippen LogP contribution in [-0.2, 0) is 66.7 Å². The topological polar surface area (TPSA) is 194 Å². The van der Waals surface area contributed by atoms with Crippen LogP contribution in [0.15, 0.2) is 17.1 Å². The Kier molecular flexibility index (Phi) is 41.2. The van der Waals surface area contributed by atoms with E-state index < -0.39 is 9.84 Å². The molecular weight excluding hydrogens is 646 g/mol. The highest BCUT2D eigenvalue weighted by Gasteiger charge is 2.04. The summed E-state index contributed by atoms with van der Waals surface area (Å²) in [6.07, 6.45) is 0. The molecule has 0 spiro atoms. The van der Waals surface area contributed by atoms with Gasteiger partial charge in [-0.2, -0.15) is 0 Å². The Morgan fingerprint density at radius 2 is 0.660 bits per heavy atom. The summed E-state index contributed by atoms with van der Waals surface area (Å²) >= 11 is 0. The van der Waals surface area contributed by atoms with Crippen molar-refractivity contribution in [1.82, 2.24) is 0 Å². The van der Waals surface area contributed by atoms with Gasteiger partial charge in [0.25, 0.3) is 0 Å². The van der Waals surface area contributed by atoms with Gasteiger partial charge in [0.05, 0.1) is 164 Å². The van der Waals surface area contributed by atoms with Crippen LogP contribution in [-0.4, -0.2) is 179 Å². The van der Waals surface area contributed by atoms with E-state index in [9.17, 15) is 8.42 Å². The second kappa shape index (κ2) is 40.7. The zero-order chi connectivity index (χ0) is 33.5. The normalized spacial score (nSPS) is 11.3. The fraction of sp³-hybridized carbons (Fsp3) is 0.931. The predicted molar refractivity (Wildman–Crippen MR) is 175 cm³/mol. The lowest BCUT2D eigenvalue weighted by Gasteiger charge is -2.09. The molecule has 0 aliphatic carbocycles. The fourth-order valence-corrected chi connectivity index (χ4v) is 3.45. The number of nitrogens with zero attached hydrogens (tertiary/aromatic N) is 3. The third kappa shape index (κ3) is 42.5. The van der Waals surface area contributed by atoms with E-state index in [1.165, 1.54) is 0 Å². The molecule has 0 aromatic heterocycles. The molecule has 0 amide bonds. The first kappa shape index (κ1) is 47.6. The van der Waals surface area contributed by atoms with Crippen molar-refractivity contribution in [3.63, 3.8) is 0 Å². The van der Waals surface area contributed by atoms with Gasteiger partial charge in [-0.05, 0) is 5.53 Å². The highest BCUT2D eigenvalue weighted by atomic mass is 32.2. The van der Waals surface area contributed by atoms with Gasteiger partial charge in [-0.3, -0.25) is 0 Å². The molecule has 0 atom stereocenters. The Hall–Kier alpha value is -1.48. The Bertz CT molecular complexity index is 792. The minimum Gasteiger partial charge on any atom is -0.379 e. The van der Waals surface area contributed by atoms with E-state index in [2.05, 4.69) is 16.6 Å². The standard InChI is InChI=1S/C28H55N3O14S.CH4/c1-2-46(32,33)28-27-45-26-25-44-24-23-43-22-21-42-20-19-41-18-17-40-16-15-39-14-13-38-12-11-37-10-9-36-8-7-35-6-5-34-4-3-30-31-29;/h2H,1,3-28H2;1H4. The first-order valence-electron chi connectivity index (χ1n) is 15.4. The van der Waals surface area contributed by atoms with Crippen LogP contribution < -0.4 is 0 Å². The molecule has 47 heavy (non-hydrogen) atoms. The van der Waals surface area contributed by atoms with E-state index >= 15 is 0 Å². The summed E-state index contributed by atoms with van der Waals surface area (Å²) in [6, 6.07) is 0. The van der Waals surface area contributed by atoms with Crippen LogP contribution in [0.3, 0.4) is 0 Å². The van der Waals surface area contributed by atoms with Crippen molar-refractivity contribution < 1.29 is 65.3 Å². The molecule has 18 heteroatoms. The van der Waals surface area contributed by atoms with E-state index in [0.29, 0.717) is 159 Å². The molecule has 0 aromatic carbocycles. The van der Waals surface area contributed by atoms with Gasteiger partial charge in [-0.1, -0.05) is 19.1 Å². The lowest BCUT2D eigenvalue weighted by atomic mass is 10.6. The van der Waals surface area contributed by atoms with Gasteiger partial charge >= 0.3 is 0 Å². The van der Waals surface area contributed by atoms with Crippen molar-refractivity contribution in [2.45, 2.75) is 7.43 Å². The van der Waals surface area contributed by atoms with Crippen molar-refractivity contribution >= 4 is 9.84 Å². The average molecular weight is 706 g/mol. The van der Waals surface area contributed by atoms with E-state index in [4.69, 9.17) is 62.4 Å². The maximum atomic E-state index is 11.2. The molecule has 280 valence electrons. The molecule has 0 heterocycles. The molecule has 0 saturated heterocycles. The monoisotopic (exact) mass is 705 g/mol. The summed E-state index contributed by atoms with van der Waals surface area (Å²) in [4.78, 5) is 2.64. The van der Waals surface area contributed by atoms with Gasteiger partial charge in [0.15, 0.2) is 9.84 Å². The van der Waals surface area contributed by atoms with Crippen molar-refractivity contribution in [2.24, 2.45) is 5.11 Å². The van der Waals surface area contributed by atoms with E-state index in [-0.39, 0.29) is 19.8 Å². The van der Waals surface area contributed by atoms with E-state index in [1.807, 2.05) is 0 Å². The molecule has 0 radical (unpaired) electrons. The Labute approximate surface area is 280 Å². The summed E-state index contributed by atoms with van der Waals surface area (Å²) in [6.45, 7) is 14.2. The first-order chi connectivity index (χ1) is 22.6. The highest BCUT2D eigenvalue weighted by molar-refractivity contribution is 7.94. The number of hydrogen-bond donors (Lipinski definition) is 0. The minimum atomic E-state index is -3.22. The lowest BCUT2D eigenvalue weighted by Crippen LogP contribution is -2.15. The molecule has 0 unspecified atom stereocenters. The maximum Gasteiger partial charge on any atom is 0.173 e. The smallest absolute Gasteiger partial charge is 0.173 e. The van der Waals surface area contributed by atoms with Crippen molar-refractivity contribution in [1.29, 1.82) is 0 Å². The van der Waals surface area contributed by atoms with Crippen molar-refractivity contribution in [3.05, 3.63) is 22.4 Å². The van der Waals surface area contributed by atoms with Gasteiger partial charge in [0.2, 0.25) is 0 Å². The van der Waals surface area contributed by atoms with Gasteiger partial charge in [-0.25, -0.2) is 8.42 Å². The van der Waals surface area contributed by atoms with Crippen LogP contribution in [0.5, 0.6) is 0 Å². The molecule has 0 rings (SSSR count). The minimum absolute atomic E-state index is 0. The largest absolute Gasteiger partial charge is 0.379 e. The fourth-order valence-electron chi connectivity index (χ4n) is 2.93. The molecule has 0 aliphatic heterocycles. The first-order valence-corrected chi connectivity index (χ1v) is 17.1. The van der Waals surface area contributed by atoms with E-state index in [0.717, 1.165) is 5.41 Å². The van der Waals surface area contributed by atoms with Crippen LogP contribution in [0.4, 0.5) is 0 Å². The Morgan fingerprint density at radius 1 is 0.447 bits per heavy atom. The van der Waals surface area contributed by atoms with Crippen LogP contribution in [0.25, 0.3) is 10.4 Å². The van der Waals surface area contributed by atoms with Gasteiger partial charge < -0.3 is 56.8 Å². The second-order valence-corrected chi connectivity index (χ2v) is 10.9. The SMILES string of the molecule is C.C=CS(=O)(=O)CCOCCOCCOCCOCCOCCOCCOCCOCCOCCOCCOCCOCCN=[N+]=[N-]. The van der Waals surface area contributed by atoms with Crippen molar-refractivity contribution in [3.8, 4) is 0 Å². The summed E-state index contributed by atoms with van der Waals surface area (Å²) in [5.74, 6) is -0.0781. The lowest BCUT2D eigenvalue weighted by molar-refractivity contribution is -0.0282. The Morgan fingerprint density at radius 3 is 0.872 bits per heavy atom. The molecule has 0 N–H and O–H groups in total. The van der Waals surface area contributed by atoms with Gasteiger partial charge in [-0.15, -0.1) is 0 Å². The maximum absolute atomic E-state index is 11.2. The van der Waals surface area contributed by atoms with Crippen LogP contribution in [0.1, 0.15) is 7.43 Å². The van der Waals surface area contributed by atoms with Crippen LogP contribution in [0.2, 0.25) is 0 Å². The summed E-state index contributed by atoms with van der Waals surface area (Å²) in [7, 11) is -3.22.